The van der Waals surface area contributed by atoms with Gasteiger partial charge in [0.1, 0.15) is 5.76 Å². The molecule has 2 aliphatic heterocycles. The van der Waals surface area contributed by atoms with Crippen LogP contribution in [-0.4, -0.2) is 45.3 Å². The first kappa shape index (κ1) is 16.9. The predicted molar refractivity (Wildman–Crippen MR) is 84.2 cm³/mol. The van der Waals surface area contributed by atoms with Crippen LogP contribution in [0.3, 0.4) is 0 Å². The maximum Gasteiger partial charge on any atom is 0.512 e. The Labute approximate surface area is 149 Å². The van der Waals surface area contributed by atoms with Gasteiger partial charge in [0.15, 0.2) is 5.60 Å². The molecule has 2 fully saturated rings. The van der Waals surface area contributed by atoms with Crippen LogP contribution in [-0.2, 0) is 27.3 Å². The monoisotopic (exact) mass is 364 g/mol. The number of carbonyl (C=O) groups is 3. The topological polar surface area (TPSA) is 119 Å². The zero-order valence-corrected chi connectivity index (χ0v) is 14.8. The molecule has 9 nitrogen and oxygen atoms in total. The minimum atomic E-state index is -1.50. The van der Waals surface area contributed by atoms with Crippen molar-refractivity contribution in [3.63, 3.8) is 0 Å². The summed E-state index contributed by atoms with van der Waals surface area (Å²) in [4.78, 5) is 38.1. The summed E-state index contributed by atoms with van der Waals surface area (Å²) in [7, 11) is 0. The first-order valence-electron chi connectivity index (χ1n) is 8.53. The van der Waals surface area contributed by atoms with E-state index in [0.29, 0.717) is 37.1 Å². The Hall–Kier alpha value is -2.58. The van der Waals surface area contributed by atoms with Crippen LogP contribution < -0.4 is 4.74 Å². The number of esters is 1. The van der Waals surface area contributed by atoms with Gasteiger partial charge in [-0.3, -0.25) is 9.59 Å². The fourth-order valence-corrected chi connectivity index (χ4v) is 4.50. The molecule has 1 aromatic rings. The van der Waals surface area contributed by atoms with E-state index in [4.69, 9.17) is 14.4 Å². The summed E-state index contributed by atoms with van der Waals surface area (Å²) < 4.78 is 15.4. The number of carbonyl (C=O) groups excluding carboxylic acids is 2. The van der Waals surface area contributed by atoms with Crippen LogP contribution in [0.4, 0.5) is 4.79 Å². The molecule has 26 heavy (non-hydrogen) atoms. The minimum Gasteiger partial charge on any atom is -0.449 e. The Bertz CT molecular complexity index is 829. The molecule has 0 aromatic carbocycles. The first-order valence-corrected chi connectivity index (χ1v) is 8.53. The van der Waals surface area contributed by atoms with E-state index in [1.54, 1.807) is 4.90 Å². The van der Waals surface area contributed by atoms with Gasteiger partial charge >= 0.3 is 12.1 Å². The van der Waals surface area contributed by atoms with E-state index < -0.39 is 22.6 Å². The second-order valence-corrected chi connectivity index (χ2v) is 7.91. The summed E-state index contributed by atoms with van der Waals surface area (Å²) in [5.74, 6) is -0.243. The number of hydrogen-bond acceptors (Lipinski definition) is 7. The molecule has 0 spiro atoms. The van der Waals surface area contributed by atoms with Crippen LogP contribution in [0, 0.1) is 10.8 Å². The normalized spacial score (nSPS) is 31.5. The molecular weight excluding hydrogens is 344 g/mol. The van der Waals surface area contributed by atoms with Gasteiger partial charge in [-0.25, -0.2) is 4.79 Å². The largest absolute Gasteiger partial charge is 0.512 e. The van der Waals surface area contributed by atoms with Gasteiger partial charge in [-0.1, -0.05) is 13.8 Å². The minimum absolute atomic E-state index is 0.104. The zero-order chi connectivity index (χ0) is 18.9. The Balaban J connectivity index is 1.64. The molecule has 1 saturated carbocycles. The highest BCUT2D eigenvalue weighted by molar-refractivity contribution is 5.96. The van der Waals surface area contributed by atoms with Gasteiger partial charge in [-0.2, -0.15) is 0 Å². The van der Waals surface area contributed by atoms with E-state index in [1.807, 2.05) is 20.8 Å². The third kappa shape index (κ3) is 1.85. The molecule has 9 heteroatoms. The quantitative estimate of drug-likeness (QED) is 0.788. The van der Waals surface area contributed by atoms with E-state index in [1.165, 1.54) is 0 Å². The number of nitrogens with zero attached hydrogens (tertiary/aromatic N) is 2. The summed E-state index contributed by atoms with van der Waals surface area (Å²) in [5.41, 5.74) is -2.07. The molecule has 2 unspecified atom stereocenters. The van der Waals surface area contributed by atoms with Gasteiger partial charge < -0.3 is 24.0 Å². The van der Waals surface area contributed by atoms with Crippen molar-refractivity contribution in [2.75, 3.05) is 6.54 Å². The second-order valence-electron chi connectivity index (χ2n) is 7.91. The number of amides is 1. The van der Waals surface area contributed by atoms with E-state index in [0.717, 1.165) is 0 Å². The average Bonchev–Trinajstić information content (AvgIpc) is 3.11. The molecule has 3 heterocycles. The van der Waals surface area contributed by atoms with Crippen molar-refractivity contribution in [3.8, 4) is 5.88 Å². The van der Waals surface area contributed by atoms with Crippen LogP contribution in [0.15, 0.2) is 4.52 Å². The zero-order valence-electron chi connectivity index (χ0n) is 14.8. The Morgan fingerprint density at radius 1 is 1.27 bits per heavy atom. The van der Waals surface area contributed by atoms with Crippen molar-refractivity contribution >= 4 is 18.0 Å². The van der Waals surface area contributed by atoms with Gasteiger partial charge in [0.2, 0.25) is 0 Å². The fraction of sp³-hybridized carbons (Fsp3) is 0.647. The fourth-order valence-electron chi connectivity index (χ4n) is 4.50. The number of hydrogen-bond donors (Lipinski definition) is 1. The molecule has 1 N–H and O–H groups in total. The Morgan fingerprint density at radius 3 is 2.58 bits per heavy atom. The molecule has 0 radical (unpaired) electrons. The SMILES string of the molecule is CC12CCC(C(=O)N3CCc4onc(OC(=O)O)c4C3)(OC1=O)C2(C)C. The van der Waals surface area contributed by atoms with Gasteiger partial charge in [0.05, 0.1) is 17.5 Å². The molecule has 1 amide bonds. The van der Waals surface area contributed by atoms with Crippen LogP contribution in [0.5, 0.6) is 5.88 Å². The first-order chi connectivity index (χ1) is 12.1. The van der Waals surface area contributed by atoms with Gasteiger partial charge in [0.25, 0.3) is 11.8 Å². The molecule has 1 saturated heterocycles. The second kappa shape index (κ2) is 4.99. The van der Waals surface area contributed by atoms with Gasteiger partial charge in [-0.15, -0.1) is 0 Å². The lowest BCUT2D eigenvalue weighted by molar-refractivity contribution is -0.174. The van der Waals surface area contributed by atoms with Crippen LogP contribution in [0.25, 0.3) is 0 Å². The van der Waals surface area contributed by atoms with E-state index in [-0.39, 0.29) is 24.3 Å². The molecule has 1 aromatic heterocycles. The van der Waals surface area contributed by atoms with Crippen molar-refractivity contribution in [1.29, 1.82) is 0 Å². The highest BCUT2D eigenvalue weighted by Crippen LogP contribution is 2.66. The molecule has 2 atom stereocenters. The summed E-state index contributed by atoms with van der Waals surface area (Å²) in [6.45, 7) is 6.13. The molecule has 2 bridgehead atoms. The lowest BCUT2D eigenvalue weighted by Crippen LogP contribution is -2.55. The lowest BCUT2D eigenvalue weighted by atomic mass is 9.66. The third-order valence-corrected chi connectivity index (χ3v) is 6.69. The summed E-state index contributed by atoms with van der Waals surface area (Å²) >= 11 is 0. The van der Waals surface area contributed by atoms with E-state index >= 15 is 0 Å². The van der Waals surface area contributed by atoms with Crippen LogP contribution in [0.2, 0.25) is 0 Å². The highest BCUT2D eigenvalue weighted by Gasteiger charge is 2.76. The standard InChI is InChI=1S/C17H20N2O7/c1-15(2)16(3)5-6-17(15,25-13(16)21)12(20)19-7-4-10-9(8-19)11(18-26-10)24-14(22)23/h4-8H2,1-3H3,(H,22,23). The Morgan fingerprint density at radius 2 is 2.00 bits per heavy atom. The summed E-state index contributed by atoms with van der Waals surface area (Å²) in [6, 6.07) is 0. The van der Waals surface area contributed by atoms with Gasteiger partial charge in [0, 0.05) is 18.4 Å². The lowest BCUT2D eigenvalue weighted by Gasteiger charge is -2.39. The van der Waals surface area contributed by atoms with Crippen LogP contribution >= 0.6 is 0 Å². The van der Waals surface area contributed by atoms with Gasteiger partial charge in [-0.05, 0) is 24.9 Å². The number of fused-ring (bicyclic) bond motifs is 3. The maximum atomic E-state index is 13.4. The van der Waals surface area contributed by atoms with Crippen molar-refractivity contribution in [2.24, 2.45) is 10.8 Å². The Kier molecular flexibility index (Phi) is 3.23. The maximum absolute atomic E-state index is 13.4. The van der Waals surface area contributed by atoms with Crippen molar-refractivity contribution < 1.29 is 33.5 Å². The van der Waals surface area contributed by atoms with E-state index in [9.17, 15) is 14.4 Å². The van der Waals surface area contributed by atoms with Crippen molar-refractivity contribution in [2.45, 2.75) is 52.2 Å². The number of ether oxygens (including phenoxy) is 2. The molecule has 3 aliphatic rings. The summed E-state index contributed by atoms with van der Waals surface area (Å²) in [5, 5.41) is 12.4. The highest BCUT2D eigenvalue weighted by atomic mass is 16.7. The average molecular weight is 364 g/mol. The number of rotatable bonds is 2. The molecular formula is C17H20N2O7. The molecule has 140 valence electrons. The van der Waals surface area contributed by atoms with Crippen LogP contribution in [0.1, 0.15) is 44.9 Å². The van der Waals surface area contributed by atoms with Crippen molar-refractivity contribution in [3.05, 3.63) is 11.3 Å². The number of aromatic nitrogens is 1. The number of carboxylic acid groups (broad SMARTS) is 1. The summed E-state index contributed by atoms with van der Waals surface area (Å²) in [6.07, 6.45) is -0.0316. The predicted octanol–water partition coefficient (Wildman–Crippen LogP) is 1.74. The smallest absolute Gasteiger partial charge is 0.449 e. The molecule has 1 aliphatic carbocycles. The van der Waals surface area contributed by atoms with E-state index in [2.05, 4.69) is 9.89 Å². The van der Waals surface area contributed by atoms with Crippen molar-refractivity contribution in [1.82, 2.24) is 10.1 Å². The molecule has 4 rings (SSSR count). The third-order valence-electron chi connectivity index (χ3n) is 6.69.